The van der Waals surface area contributed by atoms with Gasteiger partial charge in [0.15, 0.2) is 0 Å². The van der Waals surface area contributed by atoms with Crippen molar-refractivity contribution < 1.29 is 0 Å². The van der Waals surface area contributed by atoms with Crippen LogP contribution in [0.5, 0.6) is 0 Å². The minimum atomic E-state index is 0.687. The lowest BCUT2D eigenvalue weighted by molar-refractivity contribution is 0.515. The zero-order valence-electron chi connectivity index (χ0n) is 15.9. The van der Waals surface area contributed by atoms with Gasteiger partial charge in [-0.3, -0.25) is 0 Å². The van der Waals surface area contributed by atoms with Crippen molar-refractivity contribution in [1.29, 1.82) is 5.26 Å². The number of imidazole rings is 1. The summed E-state index contributed by atoms with van der Waals surface area (Å²) >= 11 is 1.93. The van der Waals surface area contributed by atoms with Crippen LogP contribution >= 0.6 is 11.8 Å². The van der Waals surface area contributed by atoms with Crippen LogP contribution in [0.1, 0.15) is 60.3 Å². The topological polar surface area (TPSA) is 65.4 Å². The summed E-state index contributed by atoms with van der Waals surface area (Å²) in [7, 11) is 0. The Morgan fingerprint density at radius 1 is 0.929 bits per heavy atom. The molecular formula is C23H24N4S. The van der Waals surface area contributed by atoms with Crippen molar-refractivity contribution in [2.75, 3.05) is 0 Å². The number of rotatable bonds is 6. The molecule has 1 aromatic carbocycles. The summed E-state index contributed by atoms with van der Waals surface area (Å²) in [5.41, 5.74) is 4.11. The van der Waals surface area contributed by atoms with Gasteiger partial charge in [0.25, 0.3) is 0 Å². The first-order chi connectivity index (χ1) is 13.8. The van der Waals surface area contributed by atoms with Crippen molar-refractivity contribution in [1.82, 2.24) is 15.0 Å². The number of aromatic nitrogens is 3. The highest BCUT2D eigenvalue weighted by Crippen LogP contribution is 2.32. The highest BCUT2D eigenvalue weighted by atomic mass is 32.2. The van der Waals surface area contributed by atoms with Gasteiger partial charge in [0.05, 0.1) is 16.7 Å². The Kier molecular flexibility index (Phi) is 6.08. The number of nitrogens with one attached hydrogen (secondary N) is 1. The molecule has 0 unspecified atom stereocenters. The van der Waals surface area contributed by atoms with E-state index in [1.807, 2.05) is 48.4 Å². The highest BCUT2D eigenvalue weighted by Gasteiger charge is 2.15. The van der Waals surface area contributed by atoms with Gasteiger partial charge in [0, 0.05) is 36.2 Å². The van der Waals surface area contributed by atoms with Gasteiger partial charge in [-0.2, -0.15) is 5.26 Å². The Bertz CT molecular complexity index is 932. The van der Waals surface area contributed by atoms with Crippen molar-refractivity contribution in [3.63, 3.8) is 0 Å². The lowest BCUT2D eigenvalue weighted by Gasteiger charge is -2.20. The first-order valence-corrected chi connectivity index (χ1v) is 10.8. The van der Waals surface area contributed by atoms with Crippen LogP contribution in [0.3, 0.4) is 0 Å². The lowest BCUT2D eigenvalue weighted by atomic mass is 10.0. The van der Waals surface area contributed by atoms with Crippen LogP contribution in [0.25, 0.3) is 0 Å². The Hall–Kier alpha value is -2.58. The predicted molar refractivity (Wildman–Crippen MR) is 112 cm³/mol. The van der Waals surface area contributed by atoms with Crippen LogP contribution in [0, 0.1) is 11.3 Å². The van der Waals surface area contributed by atoms with Gasteiger partial charge in [-0.25, -0.2) is 9.97 Å². The van der Waals surface area contributed by atoms with E-state index in [4.69, 9.17) is 5.26 Å². The third-order valence-corrected chi connectivity index (χ3v) is 6.46. The normalized spacial score (nSPS) is 14.7. The fraction of sp³-hybridized carbons (Fsp3) is 0.348. The average molecular weight is 389 g/mol. The summed E-state index contributed by atoms with van der Waals surface area (Å²) < 4.78 is 0. The van der Waals surface area contributed by atoms with Gasteiger partial charge >= 0.3 is 0 Å². The van der Waals surface area contributed by atoms with Crippen molar-refractivity contribution >= 4 is 11.8 Å². The van der Waals surface area contributed by atoms with E-state index >= 15 is 0 Å². The summed E-state index contributed by atoms with van der Waals surface area (Å²) in [5.74, 6) is 0.957. The minimum absolute atomic E-state index is 0.687. The predicted octanol–water partition coefficient (Wildman–Crippen LogP) is 5.28. The van der Waals surface area contributed by atoms with Crippen LogP contribution in [-0.2, 0) is 12.8 Å². The number of thioether (sulfide) groups is 1. The standard InChI is InChI=1S/C23H24N4S/c24-14-18-8-6-17(7-9-18)12-20-16-25-22(27-20)13-19-10-11-23(26-15-19)28-21-4-2-1-3-5-21/h6-11,15-16,21H,1-5,12-13H2,(H,25,27). The molecule has 4 rings (SSSR count). The molecule has 1 aliphatic rings. The third kappa shape index (κ3) is 5.02. The van der Waals surface area contributed by atoms with Crippen molar-refractivity contribution in [2.45, 2.75) is 55.2 Å². The second kappa shape index (κ2) is 9.07. The molecule has 1 fully saturated rings. The molecule has 3 aromatic rings. The number of H-pyrrole nitrogens is 1. The zero-order chi connectivity index (χ0) is 19.2. The first kappa shape index (κ1) is 18.8. The molecule has 0 bridgehead atoms. The summed E-state index contributed by atoms with van der Waals surface area (Å²) in [6, 6.07) is 14.2. The molecule has 1 saturated carbocycles. The molecule has 142 valence electrons. The second-order valence-corrected chi connectivity index (χ2v) is 8.72. The van der Waals surface area contributed by atoms with Gasteiger partial charge in [-0.1, -0.05) is 37.5 Å². The molecule has 4 nitrogen and oxygen atoms in total. The number of nitrogens with zero attached hydrogens (tertiary/aromatic N) is 3. The van der Waals surface area contributed by atoms with Gasteiger partial charge < -0.3 is 4.98 Å². The molecular weight excluding hydrogens is 364 g/mol. The van der Waals surface area contributed by atoms with Crippen LogP contribution in [0.2, 0.25) is 0 Å². The highest BCUT2D eigenvalue weighted by molar-refractivity contribution is 7.99. The lowest BCUT2D eigenvalue weighted by Crippen LogP contribution is -2.08. The van der Waals surface area contributed by atoms with Crippen LogP contribution in [-0.4, -0.2) is 20.2 Å². The second-order valence-electron chi connectivity index (χ2n) is 7.40. The number of benzene rings is 1. The third-order valence-electron chi connectivity index (χ3n) is 5.17. The molecule has 0 amide bonds. The SMILES string of the molecule is N#Cc1ccc(Cc2cnc(Cc3ccc(SC4CCCCC4)nc3)[nH]2)cc1. The maximum atomic E-state index is 8.89. The van der Waals surface area contributed by atoms with Crippen LogP contribution < -0.4 is 0 Å². The van der Waals surface area contributed by atoms with Crippen molar-refractivity contribution in [2.24, 2.45) is 0 Å². The molecule has 1 N–H and O–H groups in total. The van der Waals surface area contributed by atoms with E-state index in [0.717, 1.165) is 34.6 Å². The maximum absolute atomic E-state index is 8.89. The largest absolute Gasteiger partial charge is 0.345 e. The fourth-order valence-corrected chi connectivity index (χ4v) is 4.81. The Balaban J connectivity index is 1.33. The Morgan fingerprint density at radius 2 is 1.71 bits per heavy atom. The van der Waals surface area contributed by atoms with Gasteiger partial charge in [-0.15, -0.1) is 11.8 Å². The minimum Gasteiger partial charge on any atom is -0.345 e. The summed E-state index contributed by atoms with van der Waals surface area (Å²) in [6.45, 7) is 0. The van der Waals surface area contributed by atoms with Crippen molar-refractivity contribution in [3.8, 4) is 6.07 Å². The fourth-order valence-electron chi connectivity index (χ4n) is 3.63. The Labute approximate surface area is 170 Å². The Morgan fingerprint density at radius 3 is 2.43 bits per heavy atom. The van der Waals surface area contributed by atoms with E-state index in [1.54, 1.807) is 0 Å². The summed E-state index contributed by atoms with van der Waals surface area (Å²) in [5, 5.41) is 10.8. The number of pyridine rings is 1. The smallest absolute Gasteiger partial charge is 0.110 e. The molecule has 2 heterocycles. The van der Waals surface area contributed by atoms with Gasteiger partial charge in [-0.05, 0) is 42.2 Å². The number of hydrogen-bond donors (Lipinski definition) is 1. The van der Waals surface area contributed by atoms with E-state index in [0.29, 0.717) is 5.56 Å². The average Bonchev–Trinajstić information content (AvgIpc) is 3.17. The van der Waals surface area contributed by atoms with E-state index in [1.165, 1.54) is 43.2 Å². The van der Waals surface area contributed by atoms with Gasteiger partial charge in [0.1, 0.15) is 5.82 Å². The van der Waals surface area contributed by atoms with E-state index in [2.05, 4.69) is 33.2 Å². The molecule has 0 atom stereocenters. The quantitative estimate of drug-likeness (QED) is 0.624. The molecule has 28 heavy (non-hydrogen) atoms. The number of hydrogen-bond acceptors (Lipinski definition) is 4. The zero-order valence-corrected chi connectivity index (χ0v) is 16.7. The van der Waals surface area contributed by atoms with E-state index < -0.39 is 0 Å². The van der Waals surface area contributed by atoms with Crippen LogP contribution in [0.4, 0.5) is 0 Å². The van der Waals surface area contributed by atoms with Crippen molar-refractivity contribution in [3.05, 3.63) is 77.0 Å². The van der Waals surface area contributed by atoms with Gasteiger partial charge in [0.2, 0.25) is 0 Å². The molecule has 0 spiro atoms. The monoisotopic (exact) mass is 388 g/mol. The number of nitriles is 1. The molecule has 0 radical (unpaired) electrons. The summed E-state index contributed by atoms with van der Waals surface area (Å²) in [4.78, 5) is 12.6. The molecule has 1 aliphatic carbocycles. The van der Waals surface area contributed by atoms with E-state index in [9.17, 15) is 0 Å². The maximum Gasteiger partial charge on any atom is 0.110 e. The molecule has 2 aromatic heterocycles. The summed E-state index contributed by atoms with van der Waals surface area (Å²) in [6.07, 6.45) is 12.2. The molecule has 0 aliphatic heterocycles. The number of aromatic amines is 1. The first-order valence-electron chi connectivity index (χ1n) is 9.92. The van der Waals surface area contributed by atoms with E-state index in [-0.39, 0.29) is 0 Å². The van der Waals surface area contributed by atoms with Crippen LogP contribution in [0.15, 0.2) is 53.8 Å². The molecule has 0 saturated heterocycles. The molecule has 5 heteroatoms.